The van der Waals surface area contributed by atoms with Gasteiger partial charge in [0.25, 0.3) is 5.91 Å². The molecule has 0 aliphatic carbocycles. The van der Waals surface area contributed by atoms with E-state index >= 15 is 0 Å². The summed E-state index contributed by atoms with van der Waals surface area (Å²) in [5, 5.41) is 8.85. The Labute approximate surface area is 98.7 Å². The lowest BCUT2D eigenvalue weighted by Crippen LogP contribution is -2.37. The van der Waals surface area contributed by atoms with Crippen LogP contribution in [0.15, 0.2) is 12.4 Å². The highest BCUT2D eigenvalue weighted by molar-refractivity contribution is 6.29. The molecule has 0 radical (unpaired) electrons. The Morgan fingerprint density at radius 2 is 2.25 bits per heavy atom. The minimum atomic E-state index is -0.319. The summed E-state index contributed by atoms with van der Waals surface area (Å²) in [7, 11) is 0. The van der Waals surface area contributed by atoms with Crippen LogP contribution >= 0.6 is 11.6 Å². The molecule has 84 valence electrons. The van der Waals surface area contributed by atoms with E-state index in [1.807, 2.05) is 19.9 Å². The molecule has 0 bridgehead atoms. The van der Waals surface area contributed by atoms with Crippen molar-refractivity contribution in [2.75, 3.05) is 6.54 Å². The van der Waals surface area contributed by atoms with Crippen molar-refractivity contribution in [1.29, 1.82) is 5.26 Å². The van der Waals surface area contributed by atoms with E-state index in [0.29, 0.717) is 0 Å². The second-order valence-corrected chi connectivity index (χ2v) is 3.80. The van der Waals surface area contributed by atoms with Crippen LogP contribution in [0, 0.1) is 11.3 Å². The molecule has 0 aromatic carbocycles. The van der Waals surface area contributed by atoms with Crippen LogP contribution < -0.4 is 0 Å². The van der Waals surface area contributed by atoms with E-state index in [2.05, 4.69) is 9.97 Å². The van der Waals surface area contributed by atoms with Crippen LogP contribution in [0.3, 0.4) is 0 Å². The molecule has 1 aromatic rings. The third-order valence-electron chi connectivity index (χ3n) is 1.96. The van der Waals surface area contributed by atoms with Crippen LogP contribution in [0.1, 0.15) is 24.3 Å². The molecule has 1 aromatic heterocycles. The zero-order chi connectivity index (χ0) is 12.1. The summed E-state index contributed by atoms with van der Waals surface area (Å²) >= 11 is 5.57. The predicted octanol–water partition coefficient (Wildman–Crippen LogP) is 1.50. The first-order chi connectivity index (χ1) is 7.56. The Balaban J connectivity index is 2.91. The van der Waals surface area contributed by atoms with Crippen molar-refractivity contribution in [1.82, 2.24) is 14.9 Å². The topological polar surface area (TPSA) is 69.9 Å². The molecule has 5 nitrogen and oxygen atoms in total. The molecule has 16 heavy (non-hydrogen) atoms. The number of halogens is 1. The lowest BCUT2D eigenvalue weighted by Gasteiger charge is -2.23. The lowest BCUT2D eigenvalue weighted by atomic mass is 10.3. The second kappa shape index (κ2) is 5.42. The fraction of sp³-hybridized carbons (Fsp3) is 0.400. The highest BCUT2D eigenvalue weighted by atomic mass is 35.5. The monoisotopic (exact) mass is 238 g/mol. The van der Waals surface area contributed by atoms with Gasteiger partial charge in [-0.15, -0.1) is 0 Å². The van der Waals surface area contributed by atoms with Gasteiger partial charge in [0.15, 0.2) is 0 Å². The maximum Gasteiger partial charge on any atom is 0.275 e. The molecule has 1 heterocycles. The molecule has 0 saturated carbocycles. The molecule has 0 saturated heterocycles. The summed E-state index contributed by atoms with van der Waals surface area (Å²) in [4.78, 5) is 21.0. The van der Waals surface area contributed by atoms with Gasteiger partial charge in [0.05, 0.1) is 18.5 Å². The number of hydrogen-bond acceptors (Lipinski definition) is 4. The van der Waals surface area contributed by atoms with Gasteiger partial charge in [-0.1, -0.05) is 11.6 Å². The van der Waals surface area contributed by atoms with Crippen LogP contribution in [0.5, 0.6) is 0 Å². The number of nitriles is 1. The lowest BCUT2D eigenvalue weighted by molar-refractivity contribution is 0.0725. The molecule has 0 unspecified atom stereocenters. The largest absolute Gasteiger partial charge is 0.322 e. The van der Waals surface area contributed by atoms with Crippen molar-refractivity contribution in [3.8, 4) is 6.07 Å². The normalized spacial score (nSPS) is 9.94. The van der Waals surface area contributed by atoms with Gasteiger partial charge in [-0.05, 0) is 13.8 Å². The van der Waals surface area contributed by atoms with E-state index in [1.54, 1.807) is 0 Å². The summed E-state index contributed by atoms with van der Waals surface area (Å²) in [6, 6.07) is 1.88. The highest BCUT2D eigenvalue weighted by Gasteiger charge is 2.19. The molecule has 6 heteroatoms. The Morgan fingerprint density at radius 1 is 1.56 bits per heavy atom. The Morgan fingerprint density at radius 3 is 2.69 bits per heavy atom. The zero-order valence-electron chi connectivity index (χ0n) is 9.01. The first kappa shape index (κ1) is 12.4. The van der Waals surface area contributed by atoms with Crippen LogP contribution in [0.4, 0.5) is 0 Å². The average molecular weight is 239 g/mol. The molecule has 1 amide bonds. The third-order valence-corrected chi connectivity index (χ3v) is 2.16. The number of hydrogen-bond donors (Lipinski definition) is 0. The zero-order valence-corrected chi connectivity index (χ0v) is 9.77. The minimum absolute atomic E-state index is 0.0286. The Bertz CT molecular complexity index is 410. The summed E-state index contributed by atoms with van der Waals surface area (Å²) in [6.07, 6.45) is 2.61. The van der Waals surface area contributed by atoms with Gasteiger partial charge in [0.1, 0.15) is 17.4 Å². The van der Waals surface area contributed by atoms with Gasteiger partial charge < -0.3 is 4.90 Å². The first-order valence-electron chi connectivity index (χ1n) is 4.71. The quantitative estimate of drug-likeness (QED) is 0.749. The van der Waals surface area contributed by atoms with E-state index in [4.69, 9.17) is 16.9 Å². The molecule has 0 aliphatic rings. The molecule has 0 N–H and O–H groups in total. The summed E-state index contributed by atoms with van der Waals surface area (Å²) in [5.74, 6) is -0.319. The summed E-state index contributed by atoms with van der Waals surface area (Å²) < 4.78 is 0. The fourth-order valence-electron chi connectivity index (χ4n) is 1.13. The van der Waals surface area contributed by atoms with Crippen molar-refractivity contribution in [3.05, 3.63) is 23.2 Å². The second-order valence-electron chi connectivity index (χ2n) is 3.41. The SMILES string of the molecule is CC(C)N(CC#N)C(=O)c1cnc(Cl)cn1. The standard InChI is InChI=1S/C10H11ClN4O/c1-7(2)15(4-3-12)10(16)8-5-14-9(11)6-13-8/h5-7H,4H2,1-2H3. The Hall–Kier alpha value is -1.67. The van der Waals surface area contributed by atoms with Gasteiger partial charge in [-0.2, -0.15) is 5.26 Å². The van der Waals surface area contributed by atoms with E-state index < -0.39 is 0 Å². The third kappa shape index (κ3) is 2.91. The van der Waals surface area contributed by atoms with Crippen LogP contribution in [0.25, 0.3) is 0 Å². The number of carbonyl (C=O) groups excluding carboxylic acids is 1. The molecular formula is C10H11ClN4O. The van der Waals surface area contributed by atoms with Crippen LogP contribution in [0.2, 0.25) is 5.15 Å². The van der Waals surface area contributed by atoms with Gasteiger partial charge in [-0.25, -0.2) is 9.97 Å². The van der Waals surface area contributed by atoms with Gasteiger partial charge in [-0.3, -0.25) is 4.79 Å². The van der Waals surface area contributed by atoms with Crippen LogP contribution in [-0.2, 0) is 0 Å². The fourth-order valence-corrected chi connectivity index (χ4v) is 1.23. The summed E-state index contributed by atoms with van der Waals surface area (Å²) in [5.41, 5.74) is 0.188. The molecule has 0 atom stereocenters. The van der Waals surface area contributed by atoms with E-state index in [0.717, 1.165) is 0 Å². The van der Waals surface area contributed by atoms with Crippen molar-refractivity contribution in [2.24, 2.45) is 0 Å². The van der Waals surface area contributed by atoms with Crippen molar-refractivity contribution >= 4 is 17.5 Å². The highest BCUT2D eigenvalue weighted by Crippen LogP contribution is 2.07. The molecular weight excluding hydrogens is 228 g/mol. The molecule has 0 fully saturated rings. The van der Waals surface area contributed by atoms with E-state index in [9.17, 15) is 4.79 Å². The number of rotatable bonds is 3. The molecule has 1 rings (SSSR count). The van der Waals surface area contributed by atoms with Gasteiger partial charge >= 0.3 is 0 Å². The number of aromatic nitrogens is 2. The summed E-state index contributed by atoms with van der Waals surface area (Å²) in [6.45, 7) is 3.69. The van der Waals surface area contributed by atoms with Crippen LogP contribution in [-0.4, -0.2) is 33.4 Å². The van der Waals surface area contributed by atoms with Crippen molar-refractivity contribution in [2.45, 2.75) is 19.9 Å². The predicted molar refractivity (Wildman–Crippen MR) is 58.8 cm³/mol. The van der Waals surface area contributed by atoms with Gasteiger partial charge in [0.2, 0.25) is 0 Å². The maximum atomic E-state index is 11.9. The smallest absolute Gasteiger partial charge is 0.275 e. The maximum absolute atomic E-state index is 11.9. The molecule has 0 aliphatic heterocycles. The van der Waals surface area contributed by atoms with E-state index in [1.165, 1.54) is 17.3 Å². The average Bonchev–Trinajstić information content (AvgIpc) is 2.25. The first-order valence-corrected chi connectivity index (χ1v) is 5.09. The number of carbonyl (C=O) groups is 1. The van der Waals surface area contributed by atoms with Gasteiger partial charge in [0, 0.05) is 6.04 Å². The Kier molecular flexibility index (Phi) is 4.20. The molecule has 0 spiro atoms. The van der Waals surface area contributed by atoms with Crippen molar-refractivity contribution < 1.29 is 4.79 Å². The number of nitrogens with zero attached hydrogens (tertiary/aromatic N) is 4. The van der Waals surface area contributed by atoms with E-state index in [-0.39, 0.29) is 29.3 Å². The van der Waals surface area contributed by atoms with Crippen molar-refractivity contribution in [3.63, 3.8) is 0 Å². The minimum Gasteiger partial charge on any atom is -0.322 e. The number of amides is 1.